The van der Waals surface area contributed by atoms with Crippen molar-refractivity contribution in [1.82, 2.24) is 10.3 Å². The number of carbonyl (C=O) groups excluding carboxylic acids is 2. The van der Waals surface area contributed by atoms with Crippen LogP contribution in [-0.2, 0) is 11.2 Å². The molecule has 3 aromatic rings. The number of H-pyrrole nitrogens is 1. The molecule has 1 heterocycles. The highest BCUT2D eigenvalue weighted by atomic mass is 16.5. The molecule has 0 spiro atoms. The van der Waals surface area contributed by atoms with Gasteiger partial charge in [-0.25, -0.2) is 4.79 Å². The van der Waals surface area contributed by atoms with E-state index in [-0.39, 0.29) is 29.8 Å². The molecule has 0 saturated heterocycles. The highest BCUT2D eigenvalue weighted by Crippen LogP contribution is 2.28. The van der Waals surface area contributed by atoms with E-state index in [0.29, 0.717) is 16.5 Å². The van der Waals surface area contributed by atoms with Gasteiger partial charge in [-0.05, 0) is 49.2 Å². The second-order valence-corrected chi connectivity index (χ2v) is 6.85. The number of phenolic OH excluding ortho intramolecular Hbond substituents is 1. The standard InChI is InChI=1S/C22H24N2O5/c1-13(10-14-4-6-15(28-2)7-5-14)23-12-20(26)16-8-9-19(25)21-17(16)11-18(24-21)22(27)29-3/h4-9,11,13,23-25H,10,12H2,1-3H3. The number of Topliss-reactive ketones (excluding diaryl/α,β-unsaturated/α-hetero) is 1. The molecular formula is C22H24N2O5. The highest BCUT2D eigenvalue weighted by Gasteiger charge is 2.18. The third-order valence-electron chi connectivity index (χ3n) is 4.79. The van der Waals surface area contributed by atoms with Crippen molar-refractivity contribution in [2.24, 2.45) is 0 Å². The first-order valence-electron chi connectivity index (χ1n) is 9.25. The van der Waals surface area contributed by atoms with Crippen LogP contribution in [0.2, 0.25) is 0 Å². The molecule has 29 heavy (non-hydrogen) atoms. The first-order chi connectivity index (χ1) is 13.9. The van der Waals surface area contributed by atoms with E-state index in [1.807, 2.05) is 31.2 Å². The van der Waals surface area contributed by atoms with Crippen molar-refractivity contribution in [1.29, 1.82) is 0 Å². The van der Waals surface area contributed by atoms with Crippen LogP contribution in [0.1, 0.15) is 33.3 Å². The lowest BCUT2D eigenvalue weighted by atomic mass is 10.0. The third-order valence-corrected chi connectivity index (χ3v) is 4.79. The Balaban J connectivity index is 1.69. The molecule has 0 bridgehead atoms. The van der Waals surface area contributed by atoms with E-state index >= 15 is 0 Å². The maximum atomic E-state index is 12.8. The number of ketones is 1. The van der Waals surface area contributed by atoms with Crippen molar-refractivity contribution < 1.29 is 24.2 Å². The Labute approximate surface area is 168 Å². The smallest absolute Gasteiger partial charge is 0.354 e. The molecule has 7 heteroatoms. The van der Waals surface area contributed by atoms with Crippen molar-refractivity contribution in [3.63, 3.8) is 0 Å². The Bertz CT molecular complexity index is 1020. The van der Waals surface area contributed by atoms with Gasteiger partial charge in [0.25, 0.3) is 0 Å². The SMILES string of the molecule is COC(=O)c1cc2c(C(=O)CNC(C)Cc3ccc(OC)cc3)ccc(O)c2[nH]1. The van der Waals surface area contributed by atoms with Gasteiger partial charge in [0.05, 0.1) is 26.3 Å². The number of fused-ring (bicyclic) bond motifs is 1. The summed E-state index contributed by atoms with van der Waals surface area (Å²) < 4.78 is 9.86. The molecule has 1 unspecified atom stereocenters. The Morgan fingerprint density at radius 1 is 1.14 bits per heavy atom. The first kappa shape index (κ1) is 20.4. The lowest BCUT2D eigenvalue weighted by Crippen LogP contribution is -2.33. The molecule has 0 aliphatic rings. The molecule has 0 saturated carbocycles. The zero-order valence-corrected chi connectivity index (χ0v) is 16.6. The van der Waals surface area contributed by atoms with Crippen LogP contribution in [0.15, 0.2) is 42.5 Å². The Morgan fingerprint density at radius 2 is 1.86 bits per heavy atom. The molecule has 0 amide bonds. The van der Waals surface area contributed by atoms with E-state index in [1.54, 1.807) is 13.2 Å². The lowest BCUT2D eigenvalue weighted by Gasteiger charge is -2.14. The number of rotatable bonds is 8. The maximum absolute atomic E-state index is 12.8. The summed E-state index contributed by atoms with van der Waals surface area (Å²) in [5.74, 6) is 0.0727. The predicted molar refractivity (Wildman–Crippen MR) is 110 cm³/mol. The second-order valence-electron chi connectivity index (χ2n) is 6.85. The van der Waals surface area contributed by atoms with Crippen molar-refractivity contribution in [2.75, 3.05) is 20.8 Å². The summed E-state index contributed by atoms with van der Waals surface area (Å²) in [6.45, 7) is 2.14. The maximum Gasteiger partial charge on any atom is 0.354 e. The zero-order valence-electron chi connectivity index (χ0n) is 16.6. The van der Waals surface area contributed by atoms with Gasteiger partial charge in [-0.1, -0.05) is 12.1 Å². The van der Waals surface area contributed by atoms with E-state index in [1.165, 1.54) is 19.2 Å². The summed E-state index contributed by atoms with van der Waals surface area (Å²) in [6, 6.07) is 12.4. The molecular weight excluding hydrogens is 372 g/mol. The van der Waals surface area contributed by atoms with Crippen molar-refractivity contribution in [3.05, 3.63) is 59.3 Å². The molecule has 1 aromatic heterocycles. The molecule has 1 atom stereocenters. The monoisotopic (exact) mass is 396 g/mol. The molecule has 0 aliphatic carbocycles. The fourth-order valence-electron chi connectivity index (χ4n) is 3.22. The number of esters is 1. The van der Waals surface area contributed by atoms with Gasteiger partial charge < -0.3 is 24.9 Å². The van der Waals surface area contributed by atoms with Gasteiger partial charge in [-0.3, -0.25) is 4.79 Å². The minimum Gasteiger partial charge on any atom is -0.506 e. The third kappa shape index (κ3) is 4.57. The van der Waals surface area contributed by atoms with Crippen LogP contribution < -0.4 is 10.1 Å². The minimum absolute atomic E-state index is 0.0347. The number of nitrogens with one attached hydrogen (secondary N) is 2. The number of aromatic amines is 1. The van der Waals surface area contributed by atoms with Gasteiger partial charge in [0.2, 0.25) is 0 Å². The summed E-state index contributed by atoms with van der Waals surface area (Å²) in [6.07, 6.45) is 0.763. The molecule has 0 aliphatic heterocycles. The number of aromatic nitrogens is 1. The average Bonchev–Trinajstić information content (AvgIpc) is 3.18. The highest BCUT2D eigenvalue weighted by molar-refractivity contribution is 6.11. The Morgan fingerprint density at radius 3 is 2.52 bits per heavy atom. The average molecular weight is 396 g/mol. The fraction of sp³-hybridized carbons (Fsp3) is 0.273. The van der Waals surface area contributed by atoms with Crippen LogP contribution >= 0.6 is 0 Å². The van der Waals surface area contributed by atoms with Crippen LogP contribution in [0.3, 0.4) is 0 Å². The lowest BCUT2D eigenvalue weighted by molar-refractivity contribution is 0.0595. The number of phenols is 1. The quantitative estimate of drug-likeness (QED) is 0.400. The number of carbonyl (C=O) groups is 2. The number of hydrogen-bond donors (Lipinski definition) is 3. The van der Waals surface area contributed by atoms with Crippen LogP contribution in [0.4, 0.5) is 0 Å². The summed E-state index contributed by atoms with van der Waals surface area (Å²) in [4.78, 5) is 27.3. The zero-order chi connectivity index (χ0) is 21.0. The van der Waals surface area contributed by atoms with Crippen LogP contribution in [0.25, 0.3) is 10.9 Å². The van der Waals surface area contributed by atoms with Crippen LogP contribution in [0.5, 0.6) is 11.5 Å². The molecule has 7 nitrogen and oxygen atoms in total. The number of hydrogen-bond acceptors (Lipinski definition) is 6. The molecule has 2 aromatic carbocycles. The van der Waals surface area contributed by atoms with Crippen molar-refractivity contribution >= 4 is 22.7 Å². The minimum atomic E-state index is -0.565. The fourth-order valence-corrected chi connectivity index (χ4v) is 3.22. The summed E-state index contributed by atoms with van der Waals surface area (Å²) in [5, 5.41) is 13.8. The molecule has 0 radical (unpaired) electrons. The molecule has 3 rings (SSSR count). The Hall–Kier alpha value is -3.32. The largest absolute Gasteiger partial charge is 0.506 e. The number of ether oxygens (including phenoxy) is 2. The predicted octanol–water partition coefficient (Wildman–Crippen LogP) is 3.07. The van der Waals surface area contributed by atoms with E-state index < -0.39 is 5.97 Å². The molecule has 0 fully saturated rings. The number of benzene rings is 2. The van der Waals surface area contributed by atoms with Gasteiger partial charge in [0.15, 0.2) is 5.78 Å². The van der Waals surface area contributed by atoms with Crippen LogP contribution in [0, 0.1) is 0 Å². The molecule has 152 valence electrons. The summed E-state index contributed by atoms with van der Waals surface area (Å²) in [7, 11) is 2.90. The van der Waals surface area contributed by atoms with E-state index in [9.17, 15) is 14.7 Å². The normalized spacial score (nSPS) is 12.0. The van der Waals surface area contributed by atoms with Gasteiger partial charge in [0, 0.05) is 17.0 Å². The number of aromatic hydroxyl groups is 1. The Kier molecular flexibility index (Phi) is 6.19. The van der Waals surface area contributed by atoms with Gasteiger partial charge >= 0.3 is 5.97 Å². The second kappa shape index (κ2) is 8.79. The van der Waals surface area contributed by atoms with Crippen LogP contribution in [-0.4, -0.2) is 48.6 Å². The molecule has 3 N–H and O–H groups in total. The summed E-state index contributed by atoms with van der Waals surface area (Å²) >= 11 is 0. The van der Waals surface area contributed by atoms with E-state index in [4.69, 9.17) is 9.47 Å². The van der Waals surface area contributed by atoms with Gasteiger partial charge in [0.1, 0.15) is 17.2 Å². The van der Waals surface area contributed by atoms with E-state index in [2.05, 4.69) is 10.3 Å². The number of methoxy groups -OCH3 is 2. The topological polar surface area (TPSA) is 101 Å². The first-order valence-corrected chi connectivity index (χ1v) is 9.25. The van der Waals surface area contributed by atoms with Gasteiger partial charge in [-0.2, -0.15) is 0 Å². The van der Waals surface area contributed by atoms with Crippen molar-refractivity contribution in [3.8, 4) is 11.5 Å². The summed E-state index contributed by atoms with van der Waals surface area (Å²) in [5.41, 5.74) is 2.08. The van der Waals surface area contributed by atoms with Gasteiger partial charge in [-0.15, -0.1) is 0 Å². The van der Waals surface area contributed by atoms with Crippen molar-refractivity contribution in [2.45, 2.75) is 19.4 Å². The van der Waals surface area contributed by atoms with E-state index in [0.717, 1.165) is 17.7 Å².